The number of carboxylic acids is 1. The first-order chi connectivity index (χ1) is 8.66. The first-order valence-corrected chi connectivity index (χ1v) is 6.47. The minimum absolute atomic E-state index is 0.342. The maximum Gasteiger partial charge on any atom is 0.328 e. The molecule has 0 aromatic carbocycles. The normalized spacial score (nSPS) is 11.2. The minimum atomic E-state index is -1.11. The van der Waals surface area contributed by atoms with Crippen LogP contribution in [0.1, 0.15) is 45.4 Å². The lowest BCUT2D eigenvalue weighted by molar-refractivity contribution is -0.131. The van der Waals surface area contributed by atoms with Gasteiger partial charge in [-0.25, -0.2) is 4.79 Å². The average Bonchev–Trinajstić information content (AvgIpc) is 2.34. The molecule has 0 heterocycles. The van der Waals surface area contributed by atoms with Crippen LogP contribution in [0, 0.1) is 0 Å². The highest BCUT2D eigenvalue weighted by molar-refractivity contribution is 5.93. The summed E-state index contributed by atoms with van der Waals surface area (Å²) in [6.07, 6.45) is 12.9. The predicted octanol–water partition coefficient (Wildman–Crippen LogP) is 2.66. The van der Waals surface area contributed by atoms with Gasteiger partial charge in [0.25, 0.3) is 0 Å². The van der Waals surface area contributed by atoms with Crippen LogP contribution in [-0.4, -0.2) is 23.5 Å². The maximum absolute atomic E-state index is 11.1. The molecule has 0 aliphatic rings. The van der Waals surface area contributed by atoms with Crippen LogP contribution < -0.4 is 5.32 Å². The van der Waals surface area contributed by atoms with Crippen LogP contribution in [0.15, 0.2) is 24.3 Å². The summed E-state index contributed by atoms with van der Waals surface area (Å²) in [5.74, 6) is -1.45. The summed E-state index contributed by atoms with van der Waals surface area (Å²) in [6.45, 7) is 2.64. The molecule has 0 saturated heterocycles. The number of carbonyl (C=O) groups is 2. The number of hydrogen-bond acceptors (Lipinski definition) is 2. The molecule has 0 unspecified atom stereocenters. The van der Waals surface area contributed by atoms with Gasteiger partial charge >= 0.3 is 5.97 Å². The van der Waals surface area contributed by atoms with Crippen LogP contribution >= 0.6 is 0 Å². The SMILES string of the molecule is C/C=C/CCCCCCCNC(=O)/C=C/C(=O)O. The first kappa shape index (κ1) is 16.4. The Balaban J connectivity index is 3.30. The third-order valence-corrected chi connectivity index (χ3v) is 2.46. The highest BCUT2D eigenvalue weighted by atomic mass is 16.4. The Hall–Kier alpha value is -1.58. The van der Waals surface area contributed by atoms with E-state index in [1.807, 2.05) is 6.92 Å². The van der Waals surface area contributed by atoms with E-state index in [0.717, 1.165) is 31.4 Å². The molecule has 0 aromatic rings. The number of rotatable bonds is 10. The number of amides is 1. The predicted molar refractivity (Wildman–Crippen MR) is 72.3 cm³/mol. The maximum atomic E-state index is 11.1. The molecule has 0 aliphatic heterocycles. The van der Waals surface area contributed by atoms with Crippen LogP contribution in [0.4, 0.5) is 0 Å². The van der Waals surface area contributed by atoms with E-state index >= 15 is 0 Å². The molecule has 0 bridgehead atoms. The highest BCUT2D eigenvalue weighted by Crippen LogP contribution is 2.05. The van der Waals surface area contributed by atoms with Gasteiger partial charge in [-0.1, -0.05) is 31.4 Å². The molecule has 4 nitrogen and oxygen atoms in total. The van der Waals surface area contributed by atoms with Gasteiger partial charge in [-0.05, 0) is 26.2 Å². The van der Waals surface area contributed by atoms with E-state index in [-0.39, 0.29) is 5.91 Å². The fourth-order valence-corrected chi connectivity index (χ4v) is 1.50. The lowest BCUT2D eigenvalue weighted by Gasteiger charge is -2.02. The number of carbonyl (C=O) groups excluding carboxylic acids is 1. The monoisotopic (exact) mass is 253 g/mol. The van der Waals surface area contributed by atoms with Gasteiger partial charge in [0.1, 0.15) is 0 Å². The number of allylic oxidation sites excluding steroid dienone is 2. The standard InChI is InChI=1S/C14H23NO3/c1-2-3-4-5-6-7-8-9-12-15-13(16)10-11-14(17)18/h2-3,10-11H,4-9,12H2,1H3,(H,15,16)(H,17,18)/b3-2+,11-10+. The molecule has 102 valence electrons. The second kappa shape index (κ2) is 11.9. The van der Waals surface area contributed by atoms with Gasteiger partial charge < -0.3 is 10.4 Å². The van der Waals surface area contributed by atoms with Gasteiger partial charge in [0.2, 0.25) is 5.91 Å². The molecule has 0 rings (SSSR count). The Morgan fingerprint density at radius 3 is 2.39 bits per heavy atom. The topological polar surface area (TPSA) is 66.4 Å². The molecule has 0 radical (unpaired) electrons. The molecule has 2 N–H and O–H groups in total. The largest absolute Gasteiger partial charge is 0.478 e. The van der Waals surface area contributed by atoms with Crippen molar-refractivity contribution in [3.8, 4) is 0 Å². The van der Waals surface area contributed by atoms with Crippen molar-refractivity contribution >= 4 is 11.9 Å². The van der Waals surface area contributed by atoms with Crippen molar-refractivity contribution in [3.63, 3.8) is 0 Å². The quantitative estimate of drug-likeness (QED) is 0.357. The van der Waals surface area contributed by atoms with Crippen molar-refractivity contribution in [1.29, 1.82) is 0 Å². The zero-order valence-electron chi connectivity index (χ0n) is 11.0. The minimum Gasteiger partial charge on any atom is -0.478 e. The summed E-state index contributed by atoms with van der Waals surface area (Å²) < 4.78 is 0. The Labute approximate surface area is 109 Å². The molecular weight excluding hydrogens is 230 g/mol. The van der Waals surface area contributed by atoms with Crippen LogP contribution in [-0.2, 0) is 9.59 Å². The number of hydrogen-bond donors (Lipinski definition) is 2. The molecule has 0 atom stereocenters. The van der Waals surface area contributed by atoms with Crippen molar-refractivity contribution in [2.24, 2.45) is 0 Å². The first-order valence-electron chi connectivity index (χ1n) is 6.47. The van der Waals surface area contributed by atoms with Crippen LogP contribution in [0.2, 0.25) is 0 Å². The summed E-state index contributed by atoms with van der Waals surface area (Å²) in [5, 5.41) is 11.0. The van der Waals surface area contributed by atoms with Gasteiger partial charge in [-0.15, -0.1) is 0 Å². The number of carboxylic acid groups (broad SMARTS) is 1. The Bertz CT molecular complexity index is 295. The van der Waals surface area contributed by atoms with Crippen molar-refractivity contribution < 1.29 is 14.7 Å². The number of aliphatic carboxylic acids is 1. The molecule has 1 amide bonds. The lowest BCUT2D eigenvalue weighted by Crippen LogP contribution is -2.22. The van der Waals surface area contributed by atoms with Crippen LogP contribution in [0.25, 0.3) is 0 Å². The Kier molecular flexibility index (Phi) is 10.8. The molecule has 18 heavy (non-hydrogen) atoms. The van der Waals surface area contributed by atoms with E-state index in [9.17, 15) is 9.59 Å². The second-order valence-electron chi connectivity index (χ2n) is 4.09. The zero-order chi connectivity index (χ0) is 13.6. The summed E-state index contributed by atoms with van der Waals surface area (Å²) in [4.78, 5) is 21.2. The smallest absolute Gasteiger partial charge is 0.328 e. The molecule has 0 spiro atoms. The molecule has 0 aliphatic carbocycles. The molecule has 0 aromatic heterocycles. The van der Waals surface area contributed by atoms with E-state index < -0.39 is 5.97 Å². The van der Waals surface area contributed by atoms with E-state index in [4.69, 9.17) is 5.11 Å². The van der Waals surface area contributed by atoms with Crippen molar-refractivity contribution in [2.75, 3.05) is 6.54 Å². The molecular formula is C14H23NO3. The van der Waals surface area contributed by atoms with Gasteiger partial charge in [0.15, 0.2) is 0 Å². The number of nitrogens with one attached hydrogen (secondary N) is 1. The second-order valence-corrected chi connectivity index (χ2v) is 4.09. The van der Waals surface area contributed by atoms with Gasteiger partial charge in [-0.2, -0.15) is 0 Å². The summed E-state index contributed by atoms with van der Waals surface area (Å²) in [5.41, 5.74) is 0. The summed E-state index contributed by atoms with van der Waals surface area (Å²) >= 11 is 0. The fraction of sp³-hybridized carbons (Fsp3) is 0.571. The molecule has 0 fully saturated rings. The van der Waals surface area contributed by atoms with Crippen molar-refractivity contribution in [2.45, 2.75) is 45.4 Å². The van der Waals surface area contributed by atoms with Crippen LogP contribution in [0.5, 0.6) is 0 Å². The third-order valence-electron chi connectivity index (χ3n) is 2.46. The summed E-state index contributed by atoms with van der Waals surface area (Å²) in [7, 11) is 0. The Morgan fingerprint density at radius 1 is 1.06 bits per heavy atom. The summed E-state index contributed by atoms with van der Waals surface area (Å²) in [6, 6.07) is 0. The van der Waals surface area contributed by atoms with Gasteiger partial charge in [-0.3, -0.25) is 4.79 Å². The molecule has 4 heteroatoms. The molecule has 0 saturated carbocycles. The lowest BCUT2D eigenvalue weighted by atomic mass is 10.1. The number of unbranched alkanes of at least 4 members (excludes halogenated alkanes) is 5. The van der Waals surface area contributed by atoms with E-state index in [2.05, 4.69) is 17.5 Å². The Morgan fingerprint density at radius 2 is 1.72 bits per heavy atom. The fourth-order valence-electron chi connectivity index (χ4n) is 1.50. The average molecular weight is 253 g/mol. The van der Waals surface area contributed by atoms with E-state index in [0.29, 0.717) is 6.54 Å². The van der Waals surface area contributed by atoms with E-state index in [1.54, 1.807) is 0 Å². The van der Waals surface area contributed by atoms with Crippen molar-refractivity contribution in [3.05, 3.63) is 24.3 Å². The van der Waals surface area contributed by atoms with Gasteiger partial charge in [0, 0.05) is 18.7 Å². The van der Waals surface area contributed by atoms with Gasteiger partial charge in [0.05, 0.1) is 0 Å². The van der Waals surface area contributed by atoms with Crippen molar-refractivity contribution in [1.82, 2.24) is 5.32 Å². The highest BCUT2D eigenvalue weighted by Gasteiger charge is 1.96. The van der Waals surface area contributed by atoms with Crippen LogP contribution in [0.3, 0.4) is 0 Å². The zero-order valence-corrected chi connectivity index (χ0v) is 11.0. The third kappa shape index (κ3) is 12.5. The van der Waals surface area contributed by atoms with E-state index in [1.165, 1.54) is 19.3 Å².